The predicted octanol–water partition coefficient (Wildman–Crippen LogP) is 7.08. The molecule has 0 N–H and O–H groups in total. The van der Waals surface area contributed by atoms with Crippen molar-refractivity contribution in [1.29, 1.82) is 0 Å². The number of methoxy groups -OCH3 is 1. The van der Waals surface area contributed by atoms with Gasteiger partial charge in [-0.1, -0.05) is 121 Å². The van der Waals surface area contributed by atoms with Gasteiger partial charge >= 0.3 is 0 Å². The molecule has 5 rings (SSSR count). The van der Waals surface area contributed by atoms with Crippen LogP contribution in [0.1, 0.15) is 36.1 Å². The Morgan fingerprint density at radius 3 is 1.38 bits per heavy atom. The molecule has 0 amide bonds. The van der Waals surface area contributed by atoms with Crippen LogP contribution in [0.4, 0.5) is 0 Å². The Morgan fingerprint density at radius 1 is 0.533 bits per heavy atom. The van der Waals surface area contributed by atoms with Crippen molar-refractivity contribution in [3.8, 4) is 0 Å². The Morgan fingerprint density at radius 2 is 0.933 bits per heavy atom. The maximum atomic E-state index is 6.74. The van der Waals surface area contributed by atoms with E-state index < -0.39 is 36.5 Å². The monoisotopic (exact) mass is 612 g/mol. The van der Waals surface area contributed by atoms with E-state index in [1.807, 2.05) is 135 Å². The van der Waals surface area contributed by atoms with Crippen molar-refractivity contribution in [2.75, 3.05) is 13.7 Å². The lowest BCUT2D eigenvalue weighted by Gasteiger charge is -2.47. The minimum absolute atomic E-state index is 0.262. The Labute approximate surface area is 267 Å². The van der Waals surface area contributed by atoms with Gasteiger partial charge in [-0.3, -0.25) is 0 Å². The van der Waals surface area contributed by atoms with Crippen LogP contribution in [0, 0.1) is 0 Å². The summed E-state index contributed by atoms with van der Waals surface area (Å²) in [6.45, 7) is 5.47. The van der Waals surface area contributed by atoms with Gasteiger partial charge in [0.2, 0.25) is 0 Å². The van der Waals surface area contributed by atoms with E-state index in [0.717, 1.165) is 22.3 Å². The molecule has 0 unspecified atom stereocenters. The summed E-state index contributed by atoms with van der Waals surface area (Å²) in [5.74, 6) is -0.948. The molecule has 0 aliphatic carbocycles. The van der Waals surface area contributed by atoms with Gasteiger partial charge in [-0.05, 0) is 36.1 Å². The Balaban J connectivity index is 1.45. The van der Waals surface area contributed by atoms with Gasteiger partial charge in [0.25, 0.3) is 0 Å². The van der Waals surface area contributed by atoms with Gasteiger partial charge < -0.3 is 33.2 Å². The Kier molecular flexibility index (Phi) is 12.3. The molecule has 4 aromatic carbocycles. The molecule has 4 aromatic rings. The normalized spacial score (nSPS) is 21.9. The number of rotatable bonds is 16. The molecular weight excluding hydrogens is 568 g/mol. The van der Waals surface area contributed by atoms with Crippen molar-refractivity contribution in [2.24, 2.45) is 0 Å². The molecule has 7 nitrogen and oxygen atoms in total. The van der Waals surface area contributed by atoms with Crippen molar-refractivity contribution in [3.05, 3.63) is 144 Å². The molecule has 1 aliphatic heterocycles. The lowest BCUT2D eigenvalue weighted by Crippen LogP contribution is -2.63. The molecule has 0 radical (unpaired) electrons. The summed E-state index contributed by atoms with van der Waals surface area (Å²) in [6, 6.07) is 40.3. The second-order valence-corrected chi connectivity index (χ2v) is 11.5. The molecule has 0 spiro atoms. The van der Waals surface area contributed by atoms with E-state index in [1.165, 1.54) is 0 Å². The zero-order valence-corrected chi connectivity index (χ0v) is 26.3. The van der Waals surface area contributed by atoms with Gasteiger partial charge in [0.05, 0.1) is 33.0 Å². The molecule has 1 saturated heterocycles. The molecule has 7 heteroatoms. The van der Waals surface area contributed by atoms with Crippen molar-refractivity contribution in [1.82, 2.24) is 0 Å². The van der Waals surface area contributed by atoms with Crippen LogP contribution >= 0.6 is 0 Å². The van der Waals surface area contributed by atoms with E-state index in [2.05, 4.69) is 0 Å². The van der Waals surface area contributed by atoms with E-state index in [1.54, 1.807) is 7.11 Å². The van der Waals surface area contributed by atoms with Crippen molar-refractivity contribution in [2.45, 2.75) is 76.8 Å². The Hall–Kier alpha value is -3.40. The first kappa shape index (κ1) is 33.0. The average Bonchev–Trinajstić information content (AvgIpc) is 3.08. The van der Waals surface area contributed by atoms with Crippen molar-refractivity contribution < 1.29 is 33.2 Å². The fourth-order valence-corrected chi connectivity index (χ4v) is 5.17. The lowest BCUT2D eigenvalue weighted by atomic mass is 9.97. The number of hydrogen-bond donors (Lipinski definition) is 0. The zero-order chi connectivity index (χ0) is 31.3. The molecule has 0 saturated carbocycles. The Bertz CT molecular complexity index is 1370. The van der Waals surface area contributed by atoms with Crippen LogP contribution in [0.3, 0.4) is 0 Å². The summed E-state index contributed by atoms with van der Waals surface area (Å²) < 4.78 is 45.1. The summed E-state index contributed by atoms with van der Waals surface area (Å²) in [6.07, 6.45) is -3.08. The molecule has 0 aromatic heterocycles. The number of benzene rings is 4. The highest BCUT2D eigenvalue weighted by molar-refractivity contribution is 5.16. The molecule has 5 atom stereocenters. The van der Waals surface area contributed by atoms with Gasteiger partial charge in [0, 0.05) is 7.11 Å². The maximum absolute atomic E-state index is 6.74. The van der Waals surface area contributed by atoms with E-state index in [9.17, 15) is 0 Å². The van der Waals surface area contributed by atoms with Gasteiger partial charge in [-0.2, -0.15) is 0 Å². The molecule has 0 bridgehead atoms. The summed E-state index contributed by atoms with van der Waals surface area (Å²) >= 11 is 0. The van der Waals surface area contributed by atoms with Crippen LogP contribution in [-0.4, -0.2) is 50.2 Å². The first-order valence-corrected chi connectivity index (χ1v) is 15.5. The van der Waals surface area contributed by atoms with E-state index in [-0.39, 0.29) is 6.61 Å². The quantitative estimate of drug-likeness (QED) is 0.125. The third-order valence-corrected chi connectivity index (χ3v) is 7.73. The number of ether oxygens (including phenoxy) is 7. The maximum Gasteiger partial charge on any atom is 0.190 e. The minimum Gasteiger partial charge on any atom is -0.374 e. The summed E-state index contributed by atoms with van der Waals surface area (Å²) in [5, 5.41) is 0. The molecule has 1 heterocycles. The smallest absolute Gasteiger partial charge is 0.190 e. The third-order valence-electron chi connectivity index (χ3n) is 7.73. The molecular formula is C38H44O7. The van der Waals surface area contributed by atoms with Crippen LogP contribution in [0.5, 0.6) is 0 Å². The van der Waals surface area contributed by atoms with E-state index >= 15 is 0 Å². The standard InChI is InChI=1S/C38H44O7/c1-38(2,39-3)45-37-36(43-27-32-22-14-7-15-23-32)35(42-26-31-20-12-6-13-21-31)34(41-25-30-18-10-5-11-19-30)33(44-37)28-40-24-29-16-8-4-9-17-29/h4-23,33-37H,24-28H2,1-3H3/t33-,34-,35+,36-,37+/m1/s1. The summed E-state index contributed by atoms with van der Waals surface area (Å²) in [7, 11) is 1.61. The van der Waals surface area contributed by atoms with E-state index in [4.69, 9.17) is 33.2 Å². The van der Waals surface area contributed by atoms with E-state index in [0.29, 0.717) is 26.4 Å². The van der Waals surface area contributed by atoms with Crippen LogP contribution in [-0.2, 0) is 59.6 Å². The molecule has 1 fully saturated rings. The van der Waals surface area contributed by atoms with Gasteiger partial charge in [-0.25, -0.2) is 0 Å². The van der Waals surface area contributed by atoms with Crippen molar-refractivity contribution >= 4 is 0 Å². The zero-order valence-electron chi connectivity index (χ0n) is 26.3. The highest BCUT2D eigenvalue weighted by Crippen LogP contribution is 2.33. The second kappa shape index (κ2) is 16.8. The van der Waals surface area contributed by atoms with Crippen LogP contribution in [0.15, 0.2) is 121 Å². The largest absolute Gasteiger partial charge is 0.374 e. The predicted molar refractivity (Wildman–Crippen MR) is 172 cm³/mol. The van der Waals surface area contributed by atoms with Gasteiger partial charge in [0.15, 0.2) is 12.1 Å². The summed E-state index contributed by atoms with van der Waals surface area (Å²) in [4.78, 5) is 0. The molecule has 45 heavy (non-hydrogen) atoms. The average molecular weight is 613 g/mol. The van der Waals surface area contributed by atoms with Crippen molar-refractivity contribution in [3.63, 3.8) is 0 Å². The second-order valence-electron chi connectivity index (χ2n) is 11.5. The molecule has 238 valence electrons. The minimum atomic E-state index is -0.948. The lowest BCUT2D eigenvalue weighted by molar-refractivity contribution is -0.372. The fourth-order valence-electron chi connectivity index (χ4n) is 5.17. The SMILES string of the molecule is COC(C)(C)O[C@@H]1O[C@H](COCc2ccccc2)[C@@H](OCc2ccccc2)[C@H](OCc2ccccc2)[C@H]1OCc1ccccc1. The van der Waals surface area contributed by atoms with Crippen LogP contribution < -0.4 is 0 Å². The first-order valence-electron chi connectivity index (χ1n) is 15.5. The topological polar surface area (TPSA) is 64.6 Å². The highest BCUT2D eigenvalue weighted by atomic mass is 16.8. The third kappa shape index (κ3) is 10.0. The van der Waals surface area contributed by atoms with Crippen LogP contribution in [0.2, 0.25) is 0 Å². The highest BCUT2D eigenvalue weighted by Gasteiger charge is 2.50. The molecule has 1 aliphatic rings. The summed E-state index contributed by atoms with van der Waals surface area (Å²) in [5.41, 5.74) is 4.19. The number of hydrogen-bond acceptors (Lipinski definition) is 7. The van der Waals surface area contributed by atoms with Crippen LogP contribution in [0.25, 0.3) is 0 Å². The van der Waals surface area contributed by atoms with Gasteiger partial charge in [-0.15, -0.1) is 0 Å². The first-order chi connectivity index (χ1) is 22.0. The fraction of sp³-hybridized carbons (Fsp3) is 0.368. The van der Waals surface area contributed by atoms with Gasteiger partial charge in [0.1, 0.15) is 24.4 Å².